The van der Waals surface area contributed by atoms with Crippen molar-refractivity contribution in [2.45, 2.75) is 119 Å². The Morgan fingerprint density at radius 2 is 0.778 bits per heavy atom. The van der Waals surface area contributed by atoms with E-state index in [1.807, 2.05) is 56.4 Å². The molecule has 3 aliphatic heterocycles. The number of hydrogen-bond donors (Lipinski definition) is 1. The maximum atomic E-state index is 14.7. The second-order valence-corrected chi connectivity index (χ2v) is 26.8. The molecule has 3 heterocycles. The third-order valence-electron chi connectivity index (χ3n) is 16.7. The smallest absolute Gasteiger partial charge is 0.349 e. The van der Waals surface area contributed by atoms with Crippen molar-refractivity contribution in [3.05, 3.63) is 67.6 Å². The van der Waals surface area contributed by atoms with Gasteiger partial charge in [0.05, 0.1) is 23.0 Å². The van der Waals surface area contributed by atoms with Gasteiger partial charge in [-0.15, -0.1) is 0 Å². The van der Waals surface area contributed by atoms with Gasteiger partial charge in [-0.2, -0.15) is 15.8 Å². The van der Waals surface area contributed by atoms with Crippen LogP contribution in [0.2, 0.25) is 0 Å². The van der Waals surface area contributed by atoms with Crippen LogP contribution in [0.15, 0.2) is 67.6 Å². The summed E-state index contributed by atoms with van der Waals surface area (Å²) in [5.41, 5.74) is 6.58. The van der Waals surface area contributed by atoms with E-state index in [0.717, 1.165) is 151 Å². The van der Waals surface area contributed by atoms with Crippen LogP contribution in [0.5, 0.6) is 0 Å². The number of likely N-dealkylation sites (N-methyl/N-ethyl adjacent to an activating group) is 5. The Bertz CT molecular complexity index is 2500. The Hall–Kier alpha value is -6.00. The highest BCUT2D eigenvalue weighted by atomic mass is 16.6. The normalized spacial score (nSPS) is 21.8. The minimum atomic E-state index is -0.959. The average Bonchev–Trinajstić information content (AvgIpc) is 4.28. The second kappa shape index (κ2) is 28.3. The zero-order valence-electron chi connectivity index (χ0n) is 52.0. The molecule has 0 bridgehead atoms. The van der Waals surface area contributed by atoms with Gasteiger partial charge in [-0.05, 0) is 136 Å². The highest BCUT2D eigenvalue weighted by Crippen LogP contribution is 2.48. The van der Waals surface area contributed by atoms with Gasteiger partial charge in [-0.1, -0.05) is 41.5 Å². The summed E-state index contributed by atoms with van der Waals surface area (Å²) in [5, 5.41) is 36.5. The molecule has 0 aromatic carbocycles. The predicted octanol–water partition coefficient (Wildman–Crippen LogP) is 7.21. The van der Waals surface area contributed by atoms with E-state index in [-0.39, 0.29) is 33.0 Å². The Kier molecular flexibility index (Phi) is 22.4. The van der Waals surface area contributed by atoms with Crippen LogP contribution in [0.25, 0.3) is 0 Å². The number of nitrogens with zero attached hydrogens (tertiary/aromatic N) is 11. The number of rotatable bonds is 24. The Morgan fingerprint density at radius 1 is 0.469 bits per heavy atom. The largest absolute Gasteiger partial charge is 0.461 e. The lowest BCUT2D eigenvalue weighted by molar-refractivity contribution is -0.148. The third kappa shape index (κ3) is 17.0. The van der Waals surface area contributed by atoms with Crippen LogP contribution in [0.3, 0.4) is 0 Å². The first-order chi connectivity index (χ1) is 38.3. The zero-order valence-corrected chi connectivity index (χ0v) is 52.0. The van der Waals surface area contributed by atoms with Crippen LogP contribution in [-0.4, -0.2) is 212 Å². The molecule has 18 heteroatoms. The molecule has 3 fully saturated rings. The quantitative estimate of drug-likeness (QED) is 0.0441. The standard InChI is InChI=1S/C63H98N12O6/c1-61(2)33-46(55(67-21-28-68(7)8)52(36-61)73-22-15-16-23-73)49(39-64)58(76)79-42-45(43-80-59(77)50(40-65)47-34-62(3,4)37-53(74-24-17-18-25-74)56(47)71(13)31-29-69(9)10)44-81-60(78)51(41-66)48-35-63(5,6)38-54(75-26-19-20-27-75)57(48)72(14)32-30-70(11)12/h45,67H,15-38,42-44H2,1-14H3/b49-46+,50-47+,51-48+. The fourth-order valence-corrected chi connectivity index (χ4v) is 12.5. The summed E-state index contributed by atoms with van der Waals surface area (Å²) in [5.74, 6) is -3.47. The van der Waals surface area contributed by atoms with Crippen molar-refractivity contribution < 1.29 is 28.6 Å². The van der Waals surface area contributed by atoms with Crippen LogP contribution in [0.1, 0.15) is 119 Å². The molecular formula is C63H98N12O6. The highest BCUT2D eigenvalue weighted by molar-refractivity contribution is 5.96. The number of esters is 3. The lowest BCUT2D eigenvalue weighted by Gasteiger charge is -2.42. The van der Waals surface area contributed by atoms with E-state index >= 15 is 0 Å². The molecule has 18 nitrogen and oxygen atoms in total. The number of allylic oxidation sites excluding steroid dienone is 6. The first-order valence-electron chi connectivity index (χ1n) is 29.8. The lowest BCUT2D eigenvalue weighted by atomic mass is 9.73. The van der Waals surface area contributed by atoms with Gasteiger partial charge in [0.15, 0.2) is 0 Å². The van der Waals surface area contributed by atoms with Crippen LogP contribution < -0.4 is 5.32 Å². The molecule has 6 aliphatic rings. The summed E-state index contributed by atoms with van der Waals surface area (Å²) >= 11 is 0. The maximum absolute atomic E-state index is 14.7. The summed E-state index contributed by atoms with van der Waals surface area (Å²) in [7, 11) is 16.1. The first kappa shape index (κ1) is 64.2. The molecule has 0 amide bonds. The highest BCUT2D eigenvalue weighted by Gasteiger charge is 2.42. The minimum absolute atomic E-state index is 0.104. The number of carbonyl (C=O) groups excluding carboxylic acids is 3. The monoisotopic (exact) mass is 1120 g/mol. The molecule has 3 aliphatic carbocycles. The topological polar surface area (TPSA) is 188 Å². The molecule has 0 atom stereocenters. The molecular weight excluding hydrogens is 1020 g/mol. The van der Waals surface area contributed by atoms with Gasteiger partial charge in [0.1, 0.15) is 54.7 Å². The molecule has 0 unspecified atom stereocenters. The molecule has 0 saturated carbocycles. The van der Waals surface area contributed by atoms with Gasteiger partial charge in [0, 0.05) is 126 Å². The molecule has 446 valence electrons. The van der Waals surface area contributed by atoms with Crippen molar-refractivity contribution >= 4 is 17.9 Å². The fraction of sp³-hybridized carbons (Fsp3) is 0.714. The van der Waals surface area contributed by atoms with Gasteiger partial charge < -0.3 is 58.7 Å². The third-order valence-corrected chi connectivity index (χ3v) is 16.7. The lowest BCUT2D eigenvalue weighted by Crippen LogP contribution is -2.38. The Labute approximate surface area is 486 Å². The van der Waals surface area contributed by atoms with E-state index < -0.39 is 43.6 Å². The zero-order chi connectivity index (χ0) is 59.4. The molecule has 3 saturated heterocycles. The molecule has 81 heavy (non-hydrogen) atoms. The van der Waals surface area contributed by atoms with Crippen molar-refractivity contribution in [3.63, 3.8) is 0 Å². The molecule has 0 aromatic rings. The summed E-state index contributed by atoms with van der Waals surface area (Å²) in [4.78, 5) is 61.8. The fourth-order valence-electron chi connectivity index (χ4n) is 12.5. The Balaban J connectivity index is 1.39. The van der Waals surface area contributed by atoms with E-state index in [1.165, 1.54) is 0 Å². The van der Waals surface area contributed by atoms with Crippen LogP contribution in [0.4, 0.5) is 0 Å². The summed E-state index contributed by atoms with van der Waals surface area (Å²) < 4.78 is 18.4. The van der Waals surface area contributed by atoms with E-state index in [1.54, 1.807) is 0 Å². The Morgan fingerprint density at radius 3 is 1.11 bits per heavy atom. The van der Waals surface area contributed by atoms with E-state index in [0.29, 0.717) is 55.6 Å². The van der Waals surface area contributed by atoms with Crippen molar-refractivity contribution in [1.82, 2.24) is 44.5 Å². The number of nitrogens with one attached hydrogen (secondary N) is 1. The van der Waals surface area contributed by atoms with E-state index in [9.17, 15) is 30.2 Å². The van der Waals surface area contributed by atoms with Crippen molar-refractivity contribution in [2.75, 3.05) is 155 Å². The average molecular weight is 1120 g/mol. The summed E-state index contributed by atoms with van der Waals surface area (Å²) in [6, 6.07) is 6.74. The van der Waals surface area contributed by atoms with Gasteiger partial charge in [0.25, 0.3) is 0 Å². The van der Waals surface area contributed by atoms with Crippen LogP contribution in [-0.2, 0) is 28.6 Å². The number of nitriles is 3. The predicted molar refractivity (Wildman–Crippen MR) is 316 cm³/mol. The van der Waals surface area contributed by atoms with Gasteiger partial charge >= 0.3 is 17.9 Å². The summed E-state index contributed by atoms with van der Waals surface area (Å²) in [6.45, 7) is 21.3. The number of carbonyl (C=O) groups is 3. The molecule has 0 aromatic heterocycles. The SMILES string of the molecule is CN(C)CCNC1=C(N2CCCC2)CC(C)(C)C/C1=C(/C#N)C(=O)OCC(COC(=O)/C(C#N)=C1\CC(C)(C)CC(N2CCCC2)=C1N(C)CCN(C)C)COC(=O)/C(C#N)=C1\CC(C)(C)CC(N2CCCC2)=C1N(C)CCN(C)C. The number of ether oxygens (including phenoxy) is 3. The van der Waals surface area contributed by atoms with E-state index in [4.69, 9.17) is 14.2 Å². The van der Waals surface area contributed by atoms with E-state index in [2.05, 4.69) is 104 Å². The van der Waals surface area contributed by atoms with Crippen LogP contribution >= 0.6 is 0 Å². The number of likely N-dealkylation sites (tertiary alicyclic amines) is 3. The van der Waals surface area contributed by atoms with Crippen molar-refractivity contribution in [2.24, 2.45) is 22.2 Å². The molecule has 0 radical (unpaired) electrons. The van der Waals surface area contributed by atoms with Crippen LogP contribution in [0, 0.1) is 56.2 Å². The van der Waals surface area contributed by atoms with Gasteiger partial charge in [0.2, 0.25) is 0 Å². The minimum Gasteiger partial charge on any atom is -0.461 e. The van der Waals surface area contributed by atoms with Crippen molar-refractivity contribution in [1.29, 1.82) is 15.8 Å². The molecule has 6 rings (SSSR count). The number of hydrogen-bond acceptors (Lipinski definition) is 18. The first-order valence-corrected chi connectivity index (χ1v) is 29.8. The van der Waals surface area contributed by atoms with Crippen molar-refractivity contribution in [3.8, 4) is 18.2 Å². The van der Waals surface area contributed by atoms with Gasteiger partial charge in [-0.25, -0.2) is 14.4 Å². The van der Waals surface area contributed by atoms with Gasteiger partial charge in [-0.3, -0.25) is 0 Å². The second-order valence-electron chi connectivity index (χ2n) is 26.8. The summed E-state index contributed by atoms with van der Waals surface area (Å²) in [6.07, 6.45) is 10.1. The maximum Gasteiger partial charge on any atom is 0.349 e. The molecule has 1 N–H and O–H groups in total. The molecule has 0 spiro atoms.